The summed E-state index contributed by atoms with van der Waals surface area (Å²) in [6.07, 6.45) is 1.68. The van der Waals surface area contributed by atoms with Gasteiger partial charge in [-0.1, -0.05) is 12.1 Å². The molecule has 3 heterocycles. The van der Waals surface area contributed by atoms with Crippen LogP contribution in [0.5, 0.6) is 0 Å². The molecule has 0 bridgehead atoms. The number of aryl methyl sites for hydroxylation is 2. The summed E-state index contributed by atoms with van der Waals surface area (Å²) in [5, 5.41) is 4.20. The molecular formula is C18H14N4OS2. The molecule has 0 aliphatic heterocycles. The molecule has 0 aliphatic rings. The van der Waals surface area contributed by atoms with Gasteiger partial charge in [0, 0.05) is 11.1 Å². The zero-order chi connectivity index (χ0) is 17.4. The first-order chi connectivity index (χ1) is 12.1. The molecule has 7 heteroatoms. The van der Waals surface area contributed by atoms with Crippen LogP contribution in [0.15, 0.2) is 42.6 Å². The van der Waals surface area contributed by atoms with Crippen LogP contribution in [0.25, 0.3) is 20.9 Å². The molecule has 0 atom stereocenters. The number of fused-ring (bicyclic) bond motifs is 1. The Morgan fingerprint density at radius 1 is 1.04 bits per heavy atom. The van der Waals surface area contributed by atoms with Gasteiger partial charge in [0.25, 0.3) is 5.91 Å². The summed E-state index contributed by atoms with van der Waals surface area (Å²) in [4.78, 5) is 27.2. The van der Waals surface area contributed by atoms with Gasteiger partial charge in [0.15, 0.2) is 5.13 Å². The molecule has 0 spiro atoms. The molecule has 0 aliphatic carbocycles. The van der Waals surface area contributed by atoms with Crippen molar-refractivity contribution in [1.82, 2.24) is 15.0 Å². The van der Waals surface area contributed by atoms with Crippen LogP contribution in [0.4, 0.5) is 5.13 Å². The van der Waals surface area contributed by atoms with Gasteiger partial charge in [0.2, 0.25) is 0 Å². The Bertz CT molecular complexity index is 1030. The molecule has 124 valence electrons. The smallest absolute Gasteiger partial charge is 0.259 e. The molecule has 5 nitrogen and oxygen atoms in total. The number of hydrogen-bond acceptors (Lipinski definition) is 6. The van der Waals surface area contributed by atoms with Gasteiger partial charge in [-0.05, 0) is 38.1 Å². The number of pyridine rings is 1. The lowest BCUT2D eigenvalue weighted by molar-refractivity contribution is 0.102. The number of amides is 1. The van der Waals surface area contributed by atoms with Crippen LogP contribution in [-0.4, -0.2) is 20.9 Å². The molecule has 0 fully saturated rings. The van der Waals surface area contributed by atoms with Crippen LogP contribution < -0.4 is 5.32 Å². The average Bonchev–Trinajstić information content (AvgIpc) is 3.18. The van der Waals surface area contributed by atoms with E-state index >= 15 is 0 Å². The van der Waals surface area contributed by atoms with E-state index in [0.29, 0.717) is 16.4 Å². The molecule has 0 radical (unpaired) electrons. The summed E-state index contributed by atoms with van der Waals surface area (Å²) < 4.78 is 1.07. The van der Waals surface area contributed by atoms with Crippen molar-refractivity contribution in [2.24, 2.45) is 0 Å². The van der Waals surface area contributed by atoms with Crippen LogP contribution in [0.2, 0.25) is 0 Å². The number of carbonyl (C=O) groups excluding carboxylic acids is 1. The average molecular weight is 366 g/mol. The maximum atomic E-state index is 12.7. The summed E-state index contributed by atoms with van der Waals surface area (Å²) in [5.41, 5.74) is 2.92. The summed E-state index contributed by atoms with van der Waals surface area (Å²) in [6.45, 7) is 3.91. The topological polar surface area (TPSA) is 67.8 Å². The number of anilines is 1. The second kappa shape index (κ2) is 6.34. The highest BCUT2D eigenvalue weighted by atomic mass is 32.1. The molecule has 0 unspecified atom stereocenters. The summed E-state index contributed by atoms with van der Waals surface area (Å²) in [6, 6.07) is 11.4. The van der Waals surface area contributed by atoms with E-state index in [1.807, 2.05) is 38.1 Å². The minimum absolute atomic E-state index is 0.226. The Morgan fingerprint density at radius 3 is 2.64 bits per heavy atom. The lowest BCUT2D eigenvalue weighted by Gasteiger charge is -2.05. The zero-order valence-electron chi connectivity index (χ0n) is 13.6. The van der Waals surface area contributed by atoms with E-state index in [1.165, 1.54) is 22.7 Å². The number of para-hydroxylation sites is 1. The highest BCUT2D eigenvalue weighted by molar-refractivity contribution is 7.21. The summed E-state index contributed by atoms with van der Waals surface area (Å²) >= 11 is 2.99. The van der Waals surface area contributed by atoms with Gasteiger partial charge in [0.05, 0.1) is 21.5 Å². The van der Waals surface area contributed by atoms with Crippen molar-refractivity contribution in [3.63, 3.8) is 0 Å². The Labute approximate surface area is 152 Å². The van der Waals surface area contributed by atoms with E-state index in [1.54, 1.807) is 18.3 Å². The summed E-state index contributed by atoms with van der Waals surface area (Å²) in [5.74, 6) is -0.226. The zero-order valence-corrected chi connectivity index (χ0v) is 15.2. The van der Waals surface area contributed by atoms with Gasteiger partial charge in [-0.25, -0.2) is 9.97 Å². The number of nitrogens with one attached hydrogen (secondary N) is 1. The quantitative estimate of drug-likeness (QED) is 0.571. The second-order valence-corrected chi connectivity index (χ2v) is 7.73. The van der Waals surface area contributed by atoms with Gasteiger partial charge in [0.1, 0.15) is 10.7 Å². The molecule has 1 amide bonds. The Kier molecular flexibility index (Phi) is 4.03. The molecule has 0 saturated carbocycles. The molecule has 4 rings (SSSR count). The minimum atomic E-state index is -0.226. The predicted molar refractivity (Wildman–Crippen MR) is 102 cm³/mol. The standard InChI is InChI=1S/C18H14N4OS2/c1-10-11(2)24-18(20-10)22-16(23)12-6-5-9-19-15(12)17-21-13-7-3-4-8-14(13)25-17/h3-9H,1-2H3,(H,20,22,23). The van der Waals surface area contributed by atoms with Crippen LogP contribution >= 0.6 is 22.7 Å². The van der Waals surface area contributed by atoms with Gasteiger partial charge in [-0.15, -0.1) is 22.7 Å². The fourth-order valence-electron chi connectivity index (χ4n) is 2.42. The van der Waals surface area contributed by atoms with Crippen molar-refractivity contribution in [3.05, 3.63) is 58.7 Å². The predicted octanol–water partition coefficient (Wildman–Crippen LogP) is 4.68. The van der Waals surface area contributed by atoms with E-state index in [2.05, 4.69) is 20.3 Å². The van der Waals surface area contributed by atoms with E-state index in [0.717, 1.165) is 25.8 Å². The van der Waals surface area contributed by atoms with Crippen LogP contribution in [0, 0.1) is 13.8 Å². The van der Waals surface area contributed by atoms with Gasteiger partial charge >= 0.3 is 0 Å². The monoisotopic (exact) mass is 366 g/mol. The number of aromatic nitrogens is 3. The number of nitrogens with zero attached hydrogens (tertiary/aromatic N) is 3. The number of hydrogen-bond donors (Lipinski definition) is 1. The van der Waals surface area contributed by atoms with Crippen molar-refractivity contribution in [2.45, 2.75) is 13.8 Å². The van der Waals surface area contributed by atoms with Crippen molar-refractivity contribution in [3.8, 4) is 10.7 Å². The second-order valence-electron chi connectivity index (χ2n) is 5.50. The first-order valence-corrected chi connectivity index (χ1v) is 9.31. The van der Waals surface area contributed by atoms with Crippen molar-refractivity contribution in [2.75, 3.05) is 5.32 Å². The molecular weight excluding hydrogens is 352 g/mol. The lowest BCUT2D eigenvalue weighted by atomic mass is 10.2. The summed E-state index contributed by atoms with van der Waals surface area (Å²) in [7, 11) is 0. The first kappa shape index (κ1) is 15.9. The first-order valence-electron chi connectivity index (χ1n) is 7.68. The van der Waals surface area contributed by atoms with E-state index in [9.17, 15) is 4.79 Å². The van der Waals surface area contributed by atoms with Crippen molar-refractivity contribution >= 4 is 43.9 Å². The highest BCUT2D eigenvalue weighted by Gasteiger charge is 2.18. The minimum Gasteiger partial charge on any atom is -0.298 e. The third-order valence-electron chi connectivity index (χ3n) is 3.80. The third kappa shape index (κ3) is 3.04. The van der Waals surface area contributed by atoms with Crippen molar-refractivity contribution < 1.29 is 4.79 Å². The number of thiazole rings is 2. The molecule has 1 aromatic carbocycles. The maximum absolute atomic E-state index is 12.7. The highest BCUT2D eigenvalue weighted by Crippen LogP contribution is 2.31. The fraction of sp³-hybridized carbons (Fsp3) is 0.111. The van der Waals surface area contributed by atoms with Gasteiger partial charge < -0.3 is 0 Å². The van der Waals surface area contributed by atoms with Crippen LogP contribution in [0.3, 0.4) is 0 Å². The SMILES string of the molecule is Cc1nc(NC(=O)c2cccnc2-c2nc3ccccc3s2)sc1C. The van der Waals surface area contributed by atoms with E-state index < -0.39 is 0 Å². The number of benzene rings is 1. The molecule has 3 aromatic heterocycles. The molecule has 1 N–H and O–H groups in total. The molecule has 4 aromatic rings. The molecule has 25 heavy (non-hydrogen) atoms. The Morgan fingerprint density at radius 2 is 1.88 bits per heavy atom. The van der Waals surface area contributed by atoms with E-state index in [-0.39, 0.29) is 5.91 Å². The number of rotatable bonds is 3. The van der Waals surface area contributed by atoms with Crippen LogP contribution in [0.1, 0.15) is 20.9 Å². The van der Waals surface area contributed by atoms with E-state index in [4.69, 9.17) is 0 Å². The number of carbonyl (C=O) groups is 1. The Balaban J connectivity index is 1.72. The largest absolute Gasteiger partial charge is 0.298 e. The normalized spacial score (nSPS) is 11.0. The molecule has 0 saturated heterocycles. The van der Waals surface area contributed by atoms with Gasteiger partial charge in [-0.3, -0.25) is 15.1 Å². The lowest BCUT2D eigenvalue weighted by Crippen LogP contribution is -2.13. The Hall–Kier alpha value is -2.64. The van der Waals surface area contributed by atoms with Gasteiger partial charge in [-0.2, -0.15) is 0 Å². The van der Waals surface area contributed by atoms with Crippen LogP contribution in [-0.2, 0) is 0 Å². The fourth-order valence-corrected chi connectivity index (χ4v) is 4.21. The third-order valence-corrected chi connectivity index (χ3v) is 5.83. The maximum Gasteiger partial charge on any atom is 0.259 e. The van der Waals surface area contributed by atoms with Crippen molar-refractivity contribution in [1.29, 1.82) is 0 Å².